The second-order valence-corrected chi connectivity index (χ2v) is 8.68. The molecule has 5 aromatic rings. The minimum Gasteiger partial charge on any atom is -0.464 e. The summed E-state index contributed by atoms with van der Waals surface area (Å²) in [5, 5.41) is 6.81. The van der Waals surface area contributed by atoms with Crippen molar-refractivity contribution in [3.8, 4) is 11.3 Å². The van der Waals surface area contributed by atoms with Crippen molar-refractivity contribution in [1.29, 1.82) is 0 Å². The fourth-order valence-electron chi connectivity index (χ4n) is 3.34. The number of nitrogens with zero attached hydrogens (tertiary/aromatic N) is 4. The molecule has 0 saturated heterocycles. The first-order valence-electron chi connectivity index (χ1n) is 9.33. The number of pyridine rings is 1. The molecule has 0 aromatic carbocycles. The first-order chi connectivity index (χ1) is 16.1. The van der Waals surface area contributed by atoms with Gasteiger partial charge >= 0.3 is 6.18 Å². The lowest BCUT2D eigenvalue weighted by molar-refractivity contribution is -0.140. The molecule has 2 amide bonds. The molecule has 0 saturated carbocycles. The van der Waals surface area contributed by atoms with E-state index in [1.807, 2.05) is 0 Å². The van der Waals surface area contributed by atoms with Crippen molar-refractivity contribution < 1.29 is 27.2 Å². The fourth-order valence-corrected chi connectivity index (χ4v) is 4.89. The van der Waals surface area contributed by atoms with Gasteiger partial charge in [-0.05, 0) is 40.2 Å². The topological polar surface area (TPSA) is 128 Å². The van der Waals surface area contributed by atoms with E-state index in [-0.39, 0.29) is 42.3 Å². The number of amides is 2. The van der Waals surface area contributed by atoms with Crippen molar-refractivity contribution in [2.45, 2.75) is 6.18 Å². The van der Waals surface area contributed by atoms with Crippen LogP contribution >= 0.6 is 27.3 Å². The summed E-state index contributed by atoms with van der Waals surface area (Å²) in [5.74, 6) is -1.61. The van der Waals surface area contributed by atoms with Crippen molar-refractivity contribution >= 4 is 60.6 Å². The van der Waals surface area contributed by atoms with E-state index in [9.17, 15) is 22.8 Å². The molecule has 34 heavy (non-hydrogen) atoms. The van der Waals surface area contributed by atoms with Gasteiger partial charge in [-0.3, -0.25) is 9.59 Å². The van der Waals surface area contributed by atoms with Crippen LogP contribution in [-0.2, 0) is 6.18 Å². The third-order valence-electron chi connectivity index (χ3n) is 4.76. The first-order valence-corrected chi connectivity index (χ1v) is 10.9. The maximum Gasteiger partial charge on any atom is 0.433 e. The number of thiophene rings is 1. The monoisotopic (exact) mass is 550 g/mol. The number of nitrogens with two attached hydrogens (primary N) is 1. The van der Waals surface area contributed by atoms with Crippen LogP contribution in [0.2, 0.25) is 0 Å². The number of hydrogen-bond donors (Lipinski definition) is 2. The highest BCUT2D eigenvalue weighted by Crippen LogP contribution is 2.44. The van der Waals surface area contributed by atoms with Gasteiger partial charge < -0.3 is 15.5 Å². The van der Waals surface area contributed by atoms with E-state index in [1.54, 1.807) is 12.3 Å². The zero-order chi connectivity index (χ0) is 24.2. The normalized spacial score (nSPS) is 11.9. The lowest BCUT2D eigenvalue weighted by Gasteiger charge is -2.10. The van der Waals surface area contributed by atoms with Gasteiger partial charge in [0.15, 0.2) is 11.3 Å². The predicted molar refractivity (Wildman–Crippen MR) is 119 cm³/mol. The molecule has 0 fully saturated rings. The third kappa shape index (κ3) is 3.60. The molecule has 0 radical (unpaired) electrons. The number of alkyl halides is 3. The largest absolute Gasteiger partial charge is 0.464 e. The summed E-state index contributed by atoms with van der Waals surface area (Å²) < 4.78 is 47.5. The van der Waals surface area contributed by atoms with Crippen molar-refractivity contribution in [2.75, 3.05) is 5.32 Å². The fraction of sp³-hybridized carbons (Fsp3) is 0.0500. The van der Waals surface area contributed by atoms with Gasteiger partial charge in [0.25, 0.3) is 11.8 Å². The van der Waals surface area contributed by atoms with Crippen LogP contribution in [-0.4, -0.2) is 31.4 Å². The van der Waals surface area contributed by atoms with Crippen LogP contribution in [0.25, 0.3) is 27.2 Å². The number of hydrogen-bond acceptors (Lipinski definition) is 7. The molecule has 3 N–H and O–H groups in total. The van der Waals surface area contributed by atoms with Gasteiger partial charge in [-0.25, -0.2) is 14.5 Å². The second-order valence-electron chi connectivity index (χ2n) is 6.89. The average Bonchev–Trinajstić information content (AvgIpc) is 3.51. The SMILES string of the molecule is NC(=O)c1sc2nc(C(F)(F)F)cc(-c3ccco3)c2c1NC(=O)c1nn2cccnc2c1Br. The van der Waals surface area contributed by atoms with Gasteiger partial charge in [0, 0.05) is 23.3 Å². The molecule has 0 aliphatic heterocycles. The van der Waals surface area contributed by atoms with Crippen LogP contribution in [0.5, 0.6) is 0 Å². The molecule has 14 heteroatoms. The molecular formula is C20H10BrF3N6O3S. The highest BCUT2D eigenvalue weighted by atomic mass is 79.9. The van der Waals surface area contributed by atoms with Gasteiger partial charge in [0.05, 0.1) is 16.4 Å². The summed E-state index contributed by atoms with van der Waals surface area (Å²) in [6, 6.07) is 5.35. The number of primary amides is 1. The molecule has 0 spiro atoms. The molecule has 5 heterocycles. The number of rotatable bonds is 4. The van der Waals surface area contributed by atoms with Crippen molar-refractivity contribution in [3.05, 3.63) is 63.7 Å². The average molecular weight is 551 g/mol. The Morgan fingerprint density at radius 2 is 2.06 bits per heavy atom. The minimum atomic E-state index is -4.76. The number of halogens is 4. The maximum absolute atomic E-state index is 13.5. The number of fused-ring (bicyclic) bond motifs is 2. The summed E-state index contributed by atoms with van der Waals surface area (Å²) in [6.45, 7) is 0. The quantitative estimate of drug-likeness (QED) is 0.333. The van der Waals surface area contributed by atoms with Crippen LogP contribution in [0, 0.1) is 0 Å². The van der Waals surface area contributed by atoms with Gasteiger partial charge in [0.2, 0.25) is 0 Å². The summed E-state index contributed by atoms with van der Waals surface area (Å²) in [4.78, 5) is 32.8. The van der Waals surface area contributed by atoms with Gasteiger partial charge in [-0.1, -0.05) is 0 Å². The molecule has 9 nitrogen and oxygen atoms in total. The highest BCUT2D eigenvalue weighted by Gasteiger charge is 2.35. The molecule has 0 aliphatic rings. The van der Waals surface area contributed by atoms with E-state index in [0.717, 1.165) is 6.07 Å². The smallest absolute Gasteiger partial charge is 0.433 e. The molecule has 0 aliphatic carbocycles. The van der Waals surface area contributed by atoms with Gasteiger partial charge in [0.1, 0.15) is 21.2 Å². The van der Waals surface area contributed by atoms with Crippen molar-refractivity contribution in [1.82, 2.24) is 19.6 Å². The van der Waals surface area contributed by atoms with Crippen LogP contribution in [0.15, 0.2) is 51.8 Å². The zero-order valence-electron chi connectivity index (χ0n) is 16.6. The second kappa shape index (κ2) is 7.92. The lowest BCUT2D eigenvalue weighted by Crippen LogP contribution is -2.17. The molecule has 5 aromatic heterocycles. The van der Waals surface area contributed by atoms with E-state index in [0.29, 0.717) is 17.0 Å². The first kappa shape index (κ1) is 22.0. The minimum absolute atomic E-state index is 0.0166. The van der Waals surface area contributed by atoms with Crippen LogP contribution < -0.4 is 11.1 Å². The Hall–Kier alpha value is -3.78. The van der Waals surface area contributed by atoms with E-state index < -0.39 is 23.7 Å². The van der Waals surface area contributed by atoms with Crippen molar-refractivity contribution in [2.24, 2.45) is 5.73 Å². The predicted octanol–water partition coefficient (Wildman–Crippen LogP) is 4.73. The summed E-state index contributed by atoms with van der Waals surface area (Å²) in [5.41, 5.74) is 4.49. The Morgan fingerprint density at radius 3 is 2.71 bits per heavy atom. The Balaban J connectivity index is 1.72. The van der Waals surface area contributed by atoms with Crippen LogP contribution in [0.3, 0.4) is 0 Å². The van der Waals surface area contributed by atoms with Crippen molar-refractivity contribution in [3.63, 3.8) is 0 Å². The highest BCUT2D eigenvalue weighted by molar-refractivity contribution is 9.10. The van der Waals surface area contributed by atoms with Gasteiger partial charge in [-0.15, -0.1) is 11.3 Å². The molecule has 5 rings (SSSR count). The maximum atomic E-state index is 13.5. The number of nitrogens with one attached hydrogen (secondary N) is 1. The number of aromatic nitrogens is 4. The van der Waals surface area contributed by atoms with Crippen LogP contribution in [0.1, 0.15) is 25.9 Å². The number of anilines is 1. The zero-order valence-corrected chi connectivity index (χ0v) is 19.0. The summed E-state index contributed by atoms with van der Waals surface area (Å²) in [7, 11) is 0. The molecule has 0 unspecified atom stereocenters. The third-order valence-corrected chi connectivity index (χ3v) is 6.58. The number of furan rings is 1. The van der Waals surface area contributed by atoms with E-state index in [1.165, 1.54) is 29.1 Å². The van der Waals surface area contributed by atoms with E-state index in [2.05, 4.69) is 36.3 Å². The Morgan fingerprint density at radius 1 is 1.26 bits per heavy atom. The van der Waals surface area contributed by atoms with E-state index in [4.69, 9.17) is 10.2 Å². The summed E-state index contributed by atoms with van der Waals surface area (Å²) >= 11 is 3.91. The standard InChI is InChI=1S/C20H10BrF3N6O3S/c21-12-14(29-30-5-2-4-26-17(12)30)18(32)28-13-11-8(9-3-1-6-33-9)7-10(20(22,23)24)27-19(11)34-15(13)16(25)31/h1-7H,(H2,25,31)(H,28,32). The Kier molecular flexibility index (Phi) is 5.13. The molecule has 172 valence electrons. The number of carbonyl (C=O) groups excluding carboxylic acids is 2. The van der Waals surface area contributed by atoms with E-state index >= 15 is 0 Å². The molecule has 0 atom stereocenters. The van der Waals surface area contributed by atoms with Crippen LogP contribution in [0.4, 0.5) is 18.9 Å². The molecule has 0 bridgehead atoms. The molecular weight excluding hydrogens is 541 g/mol. The Labute approximate surface area is 199 Å². The summed E-state index contributed by atoms with van der Waals surface area (Å²) in [6.07, 6.45) is -0.379. The Bertz CT molecular complexity index is 1590. The lowest BCUT2D eigenvalue weighted by atomic mass is 10.1. The van der Waals surface area contributed by atoms with Gasteiger partial charge in [-0.2, -0.15) is 18.3 Å². The number of carbonyl (C=O) groups is 2.